The van der Waals surface area contributed by atoms with Gasteiger partial charge in [0.2, 0.25) is 5.91 Å². The number of nitrogens with zero attached hydrogens (tertiary/aromatic N) is 1. The number of amides is 1. The molecule has 1 unspecified atom stereocenters. The maximum absolute atomic E-state index is 12.5. The van der Waals surface area contributed by atoms with Crippen LogP contribution in [0.25, 0.3) is 0 Å². The number of carboxylic acids is 1. The van der Waals surface area contributed by atoms with Crippen molar-refractivity contribution in [2.75, 3.05) is 19.6 Å². The van der Waals surface area contributed by atoms with Gasteiger partial charge in [0.15, 0.2) is 0 Å². The highest BCUT2D eigenvalue weighted by atomic mass is 16.4. The number of likely N-dealkylation sites (tertiary alicyclic amines) is 1. The highest BCUT2D eigenvalue weighted by Gasteiger charge is 2.37. The Kier molecular flexibility index (Phi) is 5.58. The predicted molar refractivity (Wildman–Crippen MR) is 80.0 cm³/mol. The summed E-state index contributed by atoms with van der Waals surface area (Å²) < 4.78 is 0. The standard InChI is InChI=1S/C15H27N3O3/c1-10(2)13(15(20)21)17-14(19)12-4-3-9-18(12)11-5-7-16-8-6-11/h10-13,16H,3-9H2,1-2H3,(H,17,19)(H,20,21)/t12?,13-/m1/s1. The van der Waals surface area contributed by atoms with Crippen molar-refractivity contribution < 1.29 is 14.7 Å². The van der Waals surface area contributed by atoms with Crippen LogP contribution in [0.3, 0.4) is 0 Å². The first kappa shape index (κ1) is 16.2. The van der Waals surface area contributed by atoms with E-state index in [0.29, 0.717) is 6.04 Å². The summed E-state index contributed by atoms with van der Waals surface area (Å²) in [6.45, 7) is 6.58. The summed E-state index contributed by atoms with van der Waals surface area (Å²) in [5, 5.41) is 15.3. The molecule has 2 aliphatic heterocycles. The number of piperidine rings is 1. The lowest BCUT2D eigenvalue weighted by molar-refractivity contribution is -0.144. The van der Waals surface area contributed by atoms with E-state index in [1.165, 1.54) is 0 Å². The summed E-state index contributed by atoms with van der Waals surface area (Å²) in [6, 6.07) is -0.506. The van der Waals surface area contributed by atoms with Crippen molar-refractivity contribution in [1.82, 2.24) is 15.5 Å². The molecule has 6 nitrogen and oxygen atoms in total. The van der Waals surface area contributed by atoms with Gasteiger partial charge in [-0.1, -0.05) is 13.8 Å². The topological polar surface area (TPSA) is 81.7 Å². The molecule has 0 aromatic rings. The molecule has 2 heterocycles. The van der Waals surface area contributed by atoms with E-state index in [0.717, 1.165) is 45.3 Å². The van der Waals surface area contributed by atoms with E-state index in [1.807, 2.05) is 13.8 Å². The van der Waals surface area contributed by atoms with Crippen LogP contribution in [0.15, 0.2) is 0 Å². The SMILES string of the molecule is CC(C)[C@@H](NC(=O)C1CCCN1C1CCNCC1)C(=O)O. The number of carboxylic acid groups (broad SMARTS) is 1. The Morgan fingerprint density at radius 2 is 1.90 bits per heavy atom. The van der Waals surface area contributed by atoms with Gasteiger partial charge in [0.25, 0.3) is 0 Å². The number of hydrogen-bond donors (Lipinski definition) is 3. The molecular formula is C15H27N3O3. The third-order valence-corrected chi connectivity index (χ3v) is 4.61. The molecule has 2 fully saturated rings. The van der Waals surface area contributed by atoms with Gasteiger partial charge in [-0.2, -0.15) is 0 Å². The van der Waals surface area contributed by atoms with Crippen molar-refractivity contribution in [2.24, 2.45) is 5.92 Å². The molecule has 6 heteroatoms. The van der Waals surface area contributed by atoms with Crippen LogP contribution in [0.5, 0.6) is 0 Å². The van der Waals surface area contributed by atoms with Gasteiger partial charge in [-0.3, -0.25) is 9.69 Å². The number of aliphatic carboxylic acids is 1. The number of nitrogens with one attached hydrogen (secondary N) is 2. The molecule has 2 atom stereocenters. The van der Waals surface area contributed by atoms with Gasteiger partial charge >= 0.3 is 5.97 Å². The largest absolute Gasteiger partial charge is 0.480 e. The van der Waals surface area contributed by atoms with E-state index in [4.69, 9.17) is 0 Å². The molecule has 21 heavy (non-hydrogen) atoms. The molecule has 1 amide bonds. The summed E-state index contributed by atoms with van der Waals surface area (Å²) in [4.78, 5) is 26.0. The molecule has 0 aromatic heterocycles. The summed E-state index contributed by atoms with van der Waals surface area (Å²) in [7, 11) is 0. The van der Waals surface area contributed by atoms with Crippen molar-refractivity contribution in [1.29, 1.82) is 0 Å². The fourth-order valence-corrected chi connectivity index (χ4v) is 3.41. The van der Waals surface area contributed by atoms with Crippen molar-refractivity contribution in [2.45, 2.75) is 57.7 Å². The Bertz CT molecular complexity index is 380. The monoisotopic (exact) mass is 297 g/mol. The number of carbonyl (C=O) groups excluding carboxylic acids is 1. The minimum absolute atomic E-state index is 0.111. The van der Waals surface area contributed by atoms with Gasteiger partial charge < -0.3 is 15.7 Å². The van der Waals surface area contributed by atoms with Gasteiger partial charge in [-0.05, 0) is 51.2 Å². The second kappa shape index (κ2) is 7.22. The lowest BCUT2D eigenvalue weighted by Crippen LogP contribution is -2.54. The van der Waals surface area contributed by atoms with Crippen LogP contribution < -0.4 is 10.6 Å². The zero-order chi connectivity index (χ0) is 15.4. The smallest absolute Gasteiger partial charge is 0.326 e. The van der Waals surface area contributed by atoms with Gasteiger partial charge in [-0.25, -0.2) is 4.79 Å². The lowest BCUT2D eigenvalue weighted by Gasteiger charge is -2.35. The molecule has 2 aliphatic rings. The van der Waals surface area contributed by atoms with Crippen molar-refractivity contribution in [3.05, 3.63) is 0 Å². The molecule has 0 radical (unpaired) electrons. The highest BCUT2D eigenvalue weighted by molar-refractivity contribution is 5.87. The van der Waals surface area contributed by atoms with Crippen molar-refractivity contribution in [3.8, 4) is 0 Å². The van der Waals surface area contributed by atoms with E-state index in [9.17, 15) is 14.7 Å². The fourth-order valence-electron chi connectivity index (χ4n) is 3.41. The van der Waals surface area contributed by atoms with Gasteiger partial charge in [-0.15, -0.1) is 0 Å². The minimum Gasteiger partial charge on any atom is -0.480 e. The summed E-state index contributed by atoms with van der Waals surface area (Å²) in [6.07, 6.45) is 3.98. The molecule has 0 aliphatic carbocycles. The molecular weight excluding hydrogens is 270 g/mol. The third-order valence-electron chi connectivity index (χ3n) is 4.61. The van der Waals surface area contributed by atoms with Crippen molar-refractivity contribution in [3.63, 3.8) is 0 Å². The predicted octanol–water partition coefficient (Wildman–Crippen LogP) is 0.428. The Balaban J connectivity index is 1.98. The van der Waals surface area contributed by atoms with Gasteiger partial charge in [0.05, 0.1) is 6.04 Å². The van der Waals surface area contributed by atoms with Gasteiger partial charge in [0, 0.05) is 6.04 Å². The summed E-state index contributed by atoms with van der Waals surface area (Å²) >= 11 is 0. The second-order valence-corrected chi connectivity index (χ2v) is 6.45. The van der Waals surface area contributed by atoms with E-state index in [2.05, 4.69) is 15.5 Å². The molecule has 2 rings (SSSR count). The van der Waals surface area contributed by atoms with Crippen molar-refractivity contribution >= 4 is 11.9 Å². The van der Waals surface area contributed by atoms with Crippen LogP contribution in [0.1, 0.15) is 39.5 Å². The Labute approximate surface area is 126 Å². The zero-order valence-corrected chi connectivity index (χ0v) is 13.0. The average Bonchev–Trinajstić information content (AvgIpc) is 2.94. The molecule has 0 bridgehead atoms. The first-order valence-electron chi connectivity index (χ1n) is 8.00. The maximum atomic E-state index is 12.5. The van der Waals surface area contributed by atoms with E-state index in [-0.39, 0.29) is 17.9 Å². The Morgan fingerprint density at radius 3 is 2.48 bits per heavy atom. The molecule has 120 valence electrons. The number of hydrogen-bond acceptors (Lipinski definition) is 4. The molecule has 0 spiro atoms. The zero-order valence-electron chi connectivity index (χ0n) is 13.0. The summed E-state index contributed by atoms with van der Waals surface area (Å²) in [5.41, 5.74) is 0. The Hall–Kier alpha value is -1.14. The van der Waals surface area contributed by atoms with Crippen LogP contribution in [0, 0.1) is 5.92 Å². The number of carbonyl (C=O) groups is 2. The van der Waals surface area contributed by atoms with Crippen LogP contribution in [-0.2, 0) is 9.59 Å². The Morgan fingerprint density at radius 1 is 1.24 bits per heavy atom. The second-order valence-electron chi connectivity index (χ2n) is 6.45. The van der Waals surface area contributed by atoms with Gasteiger partial charge in [0.1, 0.15) is 6.04 Å². The molecule has 0 aromatic carbocycles. The minimum atomic E-state index is -0.954. The summed E-state index contributed by atoms with van der Waals surface area (Å²) in [5.74, 6) is -1.18. The number of rotatable bonds is 5. The first-order valence-corrected chi connectivity index (χ1v) is 8.00. The fraction of sp³-hybridized carbons (Fsp3) is 0.867. The molecule has 2 saturated heterocycles. The maximum Gasteiger partial charge on any atom is 0.326 e. The van der Waals surface area contributed by atoms with E-state index < -0.39 is 12.0 Å². The highest BCUT2D eigenvalue weighted by Crippen LogP contribution is 2.24. The molecule has 3 N–H and O–H groups in total. The average molecular weight is 297 g/mol. The van der Waals surface area contributed by atoms with Crippen LogP contribution in [0.2, 0.25) is 0 Å². The van der Waals surface area contributed by atoms with Crippen LogP contribution in [0.4, 0.5) is 0 Å². The molecule has 0 saturated carbocycles. The first-order chi connectivity index (χ1) is 10.0. The third kappa shape index (κ3) is 3.95. The van der Waals surface area contributed by atoms with E-state index >= 15 is 0 Å². The van der Waals surface area contributed by atoms with Crippen LogP contribution in [-0.4, -0.2) is 59.6 Å². The normalized spacial score (nSPS) is 26.0. The quantitative estimate of drug-likeness (QED) is 0.685. The van der Waals surface area contributed by atoms with Crippen LogP contribution >= 0.6 is 0 Å². The lowest BCUT2D eigenvalue weighted by atomic mass is 10.0. The van der Waals surface area contributed by atoms with E-state index in [1.54, 1.807) is 0 Å².